The van der Waals surface area contributed by atoms with Gasteiger partial charge in [-0.1, -0.05) is 41.9 Å². The fourth-order valence-electron chi connectivity index (χ4n) is 3.37. The molecule has 1 saturated heterocycles. The summed E-state index contributed by atoms with van der Waals surface area (Å²) in [5.74, 6) is 1.56. The minimum absolute atomic E-state index is 0.411. The Morgan fingerprint density at radius 1 is 1.03 bits per heavy atom. The molecule has 0 radical (unpaired) electrons. The van der Waals surface area contributed by atoms with Crippen molar-refractivity contribution >= 4 is 11.6 Å². The van der Waals surface area contributed by atoms with Crippen molar-refractivity contribution in [3.8, 4) is 11.5 Å². The number of benzene rings is 2. The van der Waals surface area contributed by atoms with Crippen LogP contribution >= 0.6 is 11.6 Å². The van der Waals surface area contributed by atoms with Gasteiger partial charge >= 0.3 is 0 Å². The van der Waals surface area contributed by atoms with Gasteiger partial charge in [0.15, 0.2) is 11.5 Å². The van der Waals surface area contributed by atoms with Crippen LogP contribution in [0, 0.1) is 0 Å². The highest BCUT2D eigenvalue weighted by Gasteiger charge is 2.13. The van der Waals surface area contributed by atoms with E-state index in [-0.39, 0.29) is 0 Å². The van der Waals surface area contributed by atoms with Crippen molar-refractivity contribution in [1.82, 2.24) is 10.2 Å². The molecule has 2 aromatic carbocycles. The van der Waals surface area contributed by atoms with E-state index in [2.05, 4.69) is 16.3 Å². The molecule has 2 aromatic rings. The van der Waals surface area contributed by atoms with Gasteiger partial charge in [-0.2, -0.15) is 0 Å². The third-order valence-electron chi connectivity index (χ3n) is 4.94. The molecule has 6 heteroatoms. The van der Waals surface area contributed by atoms with Gasteiger partial charge in [-0.05, 0) is 38.6 Å². The van der Waals surface area contributed by atoms with Crippen LogP contribution in [0.4, 0.5) is 0 Å². The molecule has 0 aliphatic carbocycles. The molecule has 5 nitrogen and oxygen atoms in total. The van der Waals surface area contributed by atoms with Gasteiger partial charge in [-0.3, -0.25) is 4.90 Å². The largest absolute Gasteiger partial charge is 0.490 e. The van der Waals surface area contributed by atoms with Crippen molar-refractivity contribution < 1.29 is 14.2 Å². The van der Waals surface area contributed by atoms with Crippen LogP contribution in [-0.2, 0) is 17.9 Å². The maximum atomic E-state index is 6.28. The average molecular weight is 419 g/mol. The summed E-state index contributed by atoms with van der Waals surface area (Å²) in [6, 6.07) is 13.8. The van der Waals surface area contributed by atoms with E-state index in [0.717, 1.165) is 75.0 Å². The number of para-hydroxylation sites is 1. The highest BCUT2D eigenvalue weighted by molar-refractivity contribution is 6.31. The van der Waals surface area contributed by atoms with Gasteiger partial charge in [0.25, 0.3) is 0 Å². The van der Waals surface area contributed by atoms with Crippen LogP contribution < -0.4 is 14.8 Å². The fourth-order valence-corrected chi connectivity index (χ4v) is 3.56. The number of nitrogens with one attached hydrogen (secondary N) is 1. The molecule has 0 spiro atoms. The number of ether oxygens (including phenoxy) is 3. The number of halogens is 1. The lowest BCUT2D eigenvalue weighted by atomic mass is 10.1. The number of morpholine rings is 1. The van der Waals surface area contributed by atoms with Gasteiger partial charge in [-0.25, -0.2) is 0 Å². The first-order valence-corrected chi connectivity index (χ1v) is 10.8. The van der Waals surface area contributed by atoms with Crippen molar-refractivity contribution in [3.05, 3.63) is 58.6 Å². The summed E-state index contributed by atoms with van der Waals surface area (Å²) in [6.07, 6.45) is 1.11. The van der Waals surface area contributed by atoms with Gasteiger partial charge in [0, 0.05) is 35.8 Å². The number of hydrogen-bond donors (Lipinski definition) is 1. The Hall–Kier alpha value is -1.79. The smallest absolute Gasteiger partial charge is 0.166 e. The maximum Gasteiger partial charge on any atom is 0.166 e. The maximum absolute atomic E-state index is 6.28. The third kappa shape index (κ3) is 6.89. The average Bonchev–Trinajstić information content (AvgIpc) is 2.75. The minimum Gasteiger partial charge on any atom is -0.490 e. The minimum atomic E-state index is 0.411. The van der Waals surface area contributed by atoms with Gasteiger partial charge in [0.1, 0.15) is 6.61 Å². The molecule has 1 fully saturated rings. The summed E-state index contributed by atoms with van der Waals surface area (Å²) >= 11 is 6.28. The van der Waals surface area contributed by atoms with Gasteiger partial charge < -0.3 is 19.5 Å². The topological polar surface area (TPSA) is 43.0 Å². The molecule has 1 heterocycles. The van der Waals surface area contributed by atoms with Crippen LogP contribution in [0.15, 0.2) is 42.5 Å². The second-order valence-electron chi connectivity index (χ2n) is 7.04. The Balaban J connectivity index is 1.55. The Morgan fingerprint density at radius 2 is 1.83 bits per heavy atom. The molecule has 0 atom stereocenters. The quantitative estimate of drug-likeness (QED) is 0.556. The molecule has 0 aromatic heterocycles. The molecule has 1 aliphatic heterocycles. The van der Waals surface area contributed by atoms with Gasteiger partial charge in [-0.15, -0.1) is 0 Å². The third-order valence-corrected chi connectivity index (χ3v) is 5.31. The van der Waals surface area contributed by atoms with Crippen LogP contribution in [0.1, 0.15) is 24.5 Å². The predicted molar refractivity (Wildman–Crippen MR) is 117 cm³/mol. The van der Waals surface area contributed by atoms with E-state index in [9.17, 15) is 0 Å². The highest BCUT2D eigenvalue weighted by atomic mass is 35.5. The predicted octanol–water partition coefficient (Wildman–Crippen LogP) is 4.13. The molecule has 0 saturated carbocycles. The zero-order valence-corrected chi connectivity index (χ0v) is 17.9. The van der Waals surface area contributed by atoms with Crippen LogP contribution in [0.2, 0.25) is 5.02 Å². The van der Waals surface area contributed by atoms with E-state index in [1.54, 1.807) is 0 Å². The first kappa shape index (κ1) is 21.9. The lowest BCUT2D eigenvalue weighted by molar-refractivity contribution is 0.0374. The van der Waals surface area contributed by atoms with E-state index in [4.69, 9.17) is 25.8 Å². The van der Waals surface area contributed by atoms with E-state index in [1.807, 2.05) is 43.3 Å². The summed E-state index contributed by atoms with van der Waals surface area (Å²) in [4.78, 5) is 2.46. The highest BCUT2D eigenvalue weighted by Crippen LogP contribution is 2.32. The van der Waals surface area contributed by atoms with Crippen LogP contribution in [0.5, 0.6) is 11.5 Å². The van der Waals surface area contributed by atoms with Crippen LogP contribution in [-0.4, -0.2) is 50.9 Å². The van der Waals surface area contributed by atoms with Crippen molar-refractivity contribution in [2.75, 3.05) is 46.0 Å². The monoisotopic (exact) mass is 418 g/mol. The number of rotatable bonds is 11. The lowest BCUT2D eigenvalue weighted by Crippen LogP contribution is -2.37. The second-order valence-corrected chi connectivity index (χ2v) is 7.45. The molecule has 0 unspecified atom stereocenters. The molecule has 158 valence electrons. The summed E-state index contributed by atoms with van der Waals surface area (Å²) in [5.41, 5.74) is 2.05. The first-order chi connectivity index (χ1) is 14.3. The Labute approximate surface area is 178 Å². The molecule has 29 heavy (non-hydrogen) atoms. The zero-order valence-electron chi connectivity index (χ0n) is 17.2. The van der Waals surface area contributed by atoms with E-state index >= 15 is 0 Å². The number of nitrogens with zero attached hydrogens (tertiary/aromatic N) is 1. The Kier molecular flexibility index (Phi) is 9.09. The normalized spacial score (nSPS) is 14.7. The van der Waals surface area contributed by atoms with E-state index < -0.39 is 0 Å². The second kappa shape index (κ2) is 12.0. The summed E-state index contributed by atoms with van der Waals surface area (Å²) < 4.78 is 17.4. The standard InChI is InChI=1S/C23H31ClN2O3/c1-2-28-22-10-5-8-19(17-25-11-6-12-26-13-15-27-16-14-26)23(22)29-18-20-7-3-4-9-21(20)24/h3-5,7-10,25H,2,6,11-18H2,1H3. The molecule has 0 amide bonds. The molecule has 3 rings (SSSR count). The van der Waals surface area contributed by atoms with Crippen LogP contribution in [0.25, 0.3) is 0 Å². The fraction of sp³-hybridized carbons (Fsp3) is 0.478. The van der Waals surface area contributed by atoms with E-state index in [0.29, 0.717) is 18.2 Å². The number of hydrogen-bond acceptors (Lipinski definition) is 5. The van der Waals surface area contributed by atoms with Gasteiger partial charge in [0.2, 0.25) is 0 Å². The molecule has 1 aliphatic rings. The zero-order chi connectivity index (χ0) is 20.3. The molecular formula is C23H31ClN2O3. The Morgan fingerprint density at radius 3 is 2.62 bits per heavy atom. The summed E-state index contributed by atoms with van der Waals surface area (Å²) in [5, 5.41) is 4.25. The molecule has 1 N–H and O–H groups in total. The van der Waals surface area contributed by atoms with Crippen molar-refractivity contribution in [2.45, 2.75) is 26.5 Å². The summed E-state index contributed by atoms with van der Waals surface area (Å²) in [6.45, 7) is 9.56. The molecule has 0 bridgehead atoms. The van der Waals surface area contributed by atoms with Crippen LogP contribution in [0.3, 0.4) is 0 Å². The van der Waals surface area contributed by atoms with Crippen molar-refractivity contribution in [3.63, 3.8) is 0 Å². The Bertz CT molecular complexity index is 751. The SMILES string of the molecule is CCOc1cccc(CNCCCN2CCOCC2)c1OCc1ccccc1Cl. The molecular weight excluding hydrogens is 388 g/mol. The van der Waals surface area contributed by atoms with Gasteiger partial charge in [0.05, 0.1) is 19.8 Å². The first-order valence-electron chi connectivity index (χ1n) is 10.4. The summed E-state index contributed by atoms with van der Waals surface area (Å²) in [7, 11) is 0. The van der Waals surface area contributed by atoms with E-state index in [1.165, 1.54) is 0 Å². The van der Waals surface area contributed by atoms with Crippen molar-refractivity contribution in [1.29, 1.82) is 0 Å². The van der Waals surface area contributed by atoms with Crippen molar-refractivity contribution in [2.24, 2.45) is 0 Å². The lowest BCUT2D eigenvalue weighted by Gasteiger charge is -2.26.